The van der Waals surface area contributed by atoms with Gasteiger partial charge in [-0.2, -0.15) is 0 Å². The number of carboxylic acid groups (broad SMARTS) is 1. The van der Waals surface area contributed by atoms with Gasteiger partial charge in [0.2, 0.25) is 0 Å². The molecule has 3 rings (SSSR count). The first-order valence-electron chi connectivity index (χ1n) is 9.73. The van der Waals surface area contributed by atoms with E-state index in [1.54, 1.807) is 12.1 Å². The Labute approximate surface area is 167 Å². The van der Waals surface area contributed by atoms with Crippen LogP contribution in [-0.4, -0.2) is 59.6 Å². The summed E-state index contributed by atoms with van der Waals surface area (Å²) in [6.45, 7) is 5.21. The van der Waals surface area contributed by atoms with Crippen LogP contribution in [0.5, 0.6) is 0 Å². The van der Waals surface area contributed by atoms with Gasteiger partial charge in [-0.25, -0.2) is 9.59 Å². The molecule has 2 fully saturated rings. The highest BCUT2D eigenvalue weighted by Crippen LogP contribution is 2.21. The molecule has 27 heavy (non-hydrogen) atoms. The van der Waals surface area contributed by atoms with Crippen LogP contribution in [0.3, 0.4) is 0 Å². The number of amides is 2. The van der Waals surface area contributed by atoms with Crippen LogP contribution in [-0.2, 0) is 0 Å². The molecule has 2 heterocycles. The van der Waals surface area contributed by atoms with Crippen molar-refractivity contribution in [2.24, 2.45) is 5.92 Å². The van der Waals surface area contributed by atoms with Crippen LogP contribution < -0.4 is 5.32 Å². The molecule has 0 aliphatic carbocycles. The summed E-state index contributed by atoms with van der Waals surface area (Å²) in [6.07, 6.45) is 7.48. The third-order valence-corrected chi connectivity index (χ3v) is 5.50. The van der Waals surface area contributed by atoms with Crippen molar-refractivity contribution in [1.29, 1.82) is 0 Å². The molecule has 1 aromatic rings. The van der Waals surface area contributed by atoms with Crippen LogP contribution in [0.4, 0.5) is 10.5 Å². The number of nitrogens with one attached hydrogen (secondary N) is 1. The molecule has 0 aromatic heterocycles. The van der Waals surface area contributed by atoms with E-state index in [4.69, 9.17) is 5.11 Å². The van der Waals surface area contributed by atoms with Crippen molar-refractivity contribution >= 4 is 30.1 Å². The second-order valence-electron chi connectivity index (χ2n) is 7.46. The van der Waals surface area contributed by atoms with Gasteiger partial charge in [0.25, 0.3) is 0 Å². The van der Waals surface area contributed by atoms with Crippen molar-refractivity contribution in [3.63, 3.8) is 0 Å². The SMILES string of the molecule is Cl.O=C(O)c1ccc(NC(=O)N2CCC(CN3CCCCCC3)CC2)cc1. The number of hydrogen-bond donors (Lipinski definition) is 2. The molecule has 6 nitrogen and oxygen atoms in total. The van der Waals surface area contributed by atoms with Crippen molar-refractivity contribution in [2.45, 2.75) is 38.5 Å². The van der Waals surface area contributed by atoms with Gasteiger partial charge in [-0.3, -0.25) is 0 Å². The van der Waals surface area contributed by atoms with Gasteiger partial charge in [-0.05, 0) is 69.0 Å². The zero-order valence-electron chi connectivity index (χ0n) is 15.7. The number of aromatic carboxylic acids is 1. The average Bonchev–Trinajstić information content (AvgIpc) is 2.91. The summed E-state index contributed by atoms with van der Waals surface area (Å²) in [5.41, 5.74) is 0.851. The normalized spacial score (nSPS) is 19.0. The molecule has 150 valence electrons. The van der Waals surface area contributed by atoms with E-state index >= 15 is 0 Å². The molecule has 7 heteroatoms. The molecule has 0 unspecified atom stereocenters. The quantitative estimate of drug-likeness (QED) is 0.810. The van der Waals surface area contributed by atoms with Gasteiger partial charge < -0.3 is 20.2 Å². The van der Waals surface area contributed by atoms with Crippen molar-refractivity contribution in [3.8, 4) is 0 Å². The van der Waals surface area contributed by atoms with E-state index in [1.165, 1.54) is 57.5 Å². The van der Waals surface area contributed by atoms with Gasteiger partial charge >= 0.3 is 12.0 Å². The van der Waals surface area contributed by atoms with Gasteiger partial charge in [0.05, 0.1) is 5.56 Å². The van der Waals surface area contributed by atoms with Crippen molar-refractivity contribution in [3.05, 3.63) is 29.8 Å². The Morgan fingerprint density at radius 2 is 1.56 bits per heavy atom. The number of benzene rings is 1. The molecule has 2 N–H and O–H groups in total. The Balaban J connectivity index is 0.00000261. The summed E-state index contributed by atoms with van der Waals surface area (Å²) >= 11 is 0. The van der Waals surface area contributed by atoms with Crippen molar-refractivity contribution in [1.82, 2.24) is 9.80 Å². The van der Waals surface area contributed by atoms with E-state index in [0.29, 0.717) is 11.6 Å². The minimum absolute atomic E-state index is 0. The van der Waals surface area contributed by atoms with Crippen molar-refractivity contribution in [2.75, 3.05) is 38.0 Å². The maximum Gasteiger partial charge on any atom is 0.335 e. The number of carbonyl (C=O) groups is 2. The molecule has 0 bridgehead atoms. The highest BCUT2D eigenvalue weighted by Gasteiger charge is 2.24. The molecule has 2 aliphatic rings. The summed E-state index contributed by atoms with van der Waals surface area (Å²) in [7, 11) is 0. The predicted molar refractivity (Wildman–Crippen MR) is 109 cm³/mol. The zero-order valence-corrected chi connectivity index (χ0v) is 16.5. The topological polar surface area (TPSA) is 72.9 Å². The lowest BCUT2D eigenvalue weighted by molar-refractivity contribution is 0.0697. The largest absolute Gasteiger partial charge is 0.478 e. The molecule has 0 atom stereocenters. The fourth-order valence-corrected chi connectivity index (χ4v) is 3.90. The Morgan fingerprint density at radius 3 is 2.11 bits per heavy atom. The lowest BCUT2D eigenvalue weighted by Gasteiger charge is -2.34. The third kappa shape index (κ3) is 6.40. The molecular formula is C20H30ClN3O3. The van der Waals surface area contributed by atoms with Gasteiger partial charge in [0.15, 0.2) is 0 Å². The molecule has 1 aromatic carbocycles. The van der Waals surface area contributed by atoms with Crippen LogP contribution in [0.1, 0.15) is 48.9 Å². The maximum atomic E-state index is 12.4. The van der Waals surface area contributed by atoms with Gasteiger partial charge in [-0.1, -0.05) is 12.8 Å². The number of urea groups is 1. The Kier molecular flexibility index (Phi) is 8.38. The fourth-order valence-electron chi connectivity index (χ4n) is 3.90. The van der Waals surface area contributed by atoms with E-state index in [9.17, 15) is 9.59 Å². The number of rotatable bonds is 4. The van der Waals surface area contributed by atoms with Crippen LogP contribution in [0, 0.1) is 5.92 Å². The number of hydrogen-bond acceptors (Lipinski definition) is 3. The first-order valence-corrected chi connectivity index (χ1v) is 9.73. The second kappa shape index (κ2) is 10.5. The summed E-state index contributed by atoms with van der Waals surface area (Å²) < 4.78 is 0. The molecule has 2 aliphatic heterocycles. The smallest absolute Gasteiger partial charge is 0.335 e. The monoisotopic (exact) mass is 395 g/mol. The Morgan fingerprint density at radius 1 is 0.963 bits per heavy atom. The number of carbonyl (C=O) groups excluding carboxylic acids is 1. The second-order valence-corrected chi connectivity index (χ2v) is 7.46. The first kappa shape index (κ1) is 21.5. The Bertz CT molecular complexity index is 607. The van der Waals surface area contributed by atoms with Crippen LogP contribution in [0.2, 0.25) is 0 Å². The van der Waals surface area contributed by atoms with E-state index in [0.717, 1.165) is 25.9 Å². The van der Waals surface area contributed by atoms with Gasteiger partial charge in [-0.15, -0.1) is 12.4 Å². The predicted octanol–water partition coefficient (Wildman–Crippen LogP) is 3.93. The van der Waals surface area contributed by atoms with Crippen LogP contribution >= 0.6 is 12.4 Å². The highest BCUT2D eigenvalue weighted by molar-refractivity contribution is 5.91. The summed E-state index contributed by atoms with van der Waals surface area (Å²) in [5, 5.41) is 11.8. The van der Waals surface area contributed by atoms with Crippen LogP contribution in [0.15, 0.2) is 24.3 Å². The van der Waals surface area contributed by atoms with E-state index in [2.05, 4.69) is 10.2 Å². The third-order valence-electron chi connectivity index (χ3n) is 5.50. The molecular weight excluding hydrogens is 366 g/mol. The number of likely N-dealkylation sites (tertiary alicyclic amines) is 2. The number of halogens is 1. The Hall–Kier alpha value is -1.79. The van der Waals surface area contributed by atoms with E-state index in [-0.39, 0.29) is 24.0 Å². The molecule has 0 radical (unpaired) electrons. The lowest BCUT2D eigenvalue weighted by Crippen LogP contribution is -2.43. The minimum atomic E-state index is -0.964. The molecule has 2 saturated heterocycles. The molecule has 0 saturated carbocycles. The lowest BCUT2D eigenvalue weighted by atomic mass is 9.96. The molecule has 0 spiro atoms. The van der Waals surface area contributed by atoms with E-state index in [1.807, 2.05) is 4.90 Å². The van der Waals surface area contributed by atoms with Crippen LogP contribution in [0.25, 0.3) is 0 Å². The molecule has 2 amide bonds. The summed E-state index contributed by atoms with van der Waals surface area (Å²) in [5.74, 6) is -0.277. The standard InChI is InChI=1S/C20H29N3O3.ClH/c24-19(25)17-5-7-18(8-6-17)21-20(26)23-13-9-16(10-14-23)15-22-11-3-1-2-4-12-22;/h5-8,16H,1-4,9-15H2,(H,21,26)(H,24,25);1H. The van der Waals surface area contributed by atoms with E-state index < -0.39 is 5.97 Å². The highest BCUT2D eigenvalue weighted by atomic mass is 35.5. The number of piperidine rings is 1. The average molecular weight is 396 g/mol. The van der Waals surface area contributed by atoms with Crippen molar-refractivity contribution < 1.29 is 14.7 Å². The minimum Gasteiger partial charge on any atom is -0.478 e. The summed E-state index contributed by atoms with van der Waals surface area (Å²) in [6, 6.07) is 6.18. The maximum absolute atomic E-state index is 12.4. The zero-order chi connectivity index (χ0) is 18.4. The first-order chi connectivity index (χ1) is 12.6. The number of anilines is 1. The van der Waals surface area contributed by atoms with Gasteiger partial charge in [0, 0.05) is 25.3 Å². The summed E-state index contributed by atoms with van der Waals surface area (Å²) in [4.78, 5) is 27.8. The van der Waals surface area contributed by atoms with Gasteiger partial charge in [0.1, 0.15) is 0 Å². The number of carboxylic acids is 1. The fraction of sp³-hybridized carbons (Fsp3) is 0.600. The number of nitrogens with zero attached hydrogens (tertiary/aromatic N) is 2.